The monoisotopic (exact) mass is 217 g/mol. The summed E-state index contributed by atoms with van der Waals surface area (Å²) in [6.45, 7) is 4.29. The number of alkyl halides is 1. The summed E-state index contributed by atoms with van der Waals surface area (Å²) in [6.07, 6.45) is 4.12. The second kappa shape index (κ2) is 5.59. The molecule has 0 aromatic heterocycles. The molecule has 0 aliphatic heterocycles. The van der Waals surface area contributed by atoms with Gasteiger partial charge in [0.1, 0.15) is 0 Å². The summed E-state index contributed by atoms with van der Waals surface area (Å²) in [4.78, 5) is 11.5. The predicted molar refractivity (Wildman–Crippen MR) is 59.4 cm³/mol. The van der Waals surface area contributed by atoms with Gasteiger partial charge in [-0.05, 0) is 31.1 Å². The van der Waals surface area contributed by atoms with E-state index in [1.807, 2.05) is 0 Å². The Kier molecular flexibility index (Phi) is 4.73. The molecule has 14 heavy (non-hydrogen) atoms. The van der Waals surface area contributed by atoms with Crippen molar-refractivity contribution in [1.29, 1.82) is 0 Å². The predicted octanol–water partition coefficient (Wildman–Crippen LogP) is 2.56. The van der Waals surface area contributed by atoms with Crippen molar-refractivity contribution in [3.63, 3.8) is 0 Å². The zero-order chi connectivity index (χ0) is 10.6. The lowest BCUT2D eigenvalue weighted by atomic mass is 10.0. The molecule has 0 heterocycles. The third-order valence-electron chi connectivity index (χ3n) is 2.48. The standard InChI is InChI=1S/C11H20ClNO/c1-8(2)5-10(7-12)13-11(14)6-9-3-4-9/h8-10H,3-7H2,1-2H3,(H,13,14). The summed E-state index contributed by atoms with van der Waals surface area (Å²) in [7, 11) is 0. The highest BCUT2D eigenvalue weighted by Gasteiger charge is 2.25. The Balaban J connectivity index is 2.19. The van der Waals surface area contributed by atoms with Gasteiger partial charge in [0.15, 0.2) is 0 Å². The average Bonchev–Trinajstić information content (AvgIpc) is 2.86. The van der Waals surface area contributed by atoms with Crippen LogP contribution in [0.2, 0.25) is 0 Å². The first kappa shape index (κ1) is 11.8. The fourth-order valence-electron chi connectivity index (χ4n) is 1.60. The van der Waals surface area contributed by atoms with E-state index in [0.717, 1.165) is 6.42 Å². The van der Waals surface area contributed by atoms with Gasteiger partial charge in [-0.25, -0.2) is 0 Å². The van der Waals surface area contributed by atoms with Gasteiger partial charge in [-0.15, -0.1) is 11.6 Å². The van der Waals surface area contributed by atoms with Crippen molar-refractivity contribution in [2.24, 2.45) is 11.8 Å². The molecule has 82 valence electrons. The number of halogens is 1. The number of rotatable bonds is 6. The minimum atomic E-state index is 0.155. The van der Waals surface area contributed by atoms with Gasteiger partial charge in [0, 0.05) is 18.3 Å². The van der Waals surface area contributed by atoms with Crippen molar-refractivity contribution in [3.8, 4) is 0 Å². The maximum Gasteiger partial charge on any atom is 0.220 e. The lowest BCUT2D eigenvalue weighted by molar-refractivity contribution is -0.122. The fraction of sp³-hybridized carbons (Fsp3) is 0.909. The lowest BCUT2D eigenvalue weighted by Gasteiger charge is -2.17. The first-order chi connectivity index (χ1) is 6.61. The molecule has 1 rings (SSSR count). The molecule has 1 aliphatic carbocycles. The molecule has 1 unspecified atom stereocenters. The van der Waals surface area contributed by atoms with Crippen LogP contribution < -0.4 is 5.32 Å². The fourth-order valence-corrected chi connectivity index (χ4v) is 1.80. The highest BCUT2D eigenvalue weighted by atomic mass is 35.5. The van der Waals surface area contributed by atoms with E-state index in [2.05, 4.69) is 19.2 Å². The largest absolute Gasteiger partial charge is 0.352 e. The van der Waals surface area contributed by atoms with Crippen LogP contribution in [0.5, 0.6) is 0 Å². The van der Waals surface area contributed by atoms with Crippen LogP contribution in [0.15, 0.2) is 0 Å². The second-order valence-corrected chi connectivity index (χ2v) is 5.00. The maximum atomic E-state index is 11.5. The number of nitrogens with one attached hydrogen (secondary N) is 1. The molecule has 1 amide bonds. The highest BCUT2D eigenvalue weighted by Crippen LogP contribution is 2.32. The Hall–Kier alpha value is -0.240. The summed E-state index contributed by atoms with van der Waals surface area (Å²) >= 11 is 5.79. The molecule has 0 spiro atoms. The van der Waals surface area contributed by atoms with Crippen LogP contribution in [-0.2, 0) is 4.79 Å². The Labute approximate surface area is 91.4 Å². The van der Waals surface area contributed by atoms with E-state index in [9.17, 15) is 4.79 Å². The highest BCUT2D eigenvalue weighted by molar-refractivity contribution is 6.18. The molecule has 0 radical (unpaired) electrons. The Morgan fingerprint density at radius 3 is 2.57 bits per heavy atom. The molecule has 0 aromatic carbocycles. The molecule has 0 bridgehead atoms. The van der Waals surface area contributed by atoms with Crippen LogP contribution in [0.25, 0.3) is 0 Å². The molecule has 3 heteroatoms. The molecule has 0 aromatic rings. The van der Waals surface area contributed by atoms with Crippen LogP contribution in [0.4, 0.5) is 0 Å². The molecule has 0 saturated heterocycles. The van der Waals surface area contributed by atoms with Crippen molar-refractivity contribution >= 4 is 17.5 Å². The van der Waals surface area contributed by atoms with E-state index in [1.165, 1.54) is 12.8 Å². The van der Waals surface area contributed by atoms with E-state index < -0.39 is 0 Å². The molecule has 1 aliphatic rings. The smallest absolute Gasteiger partial charge is 0.220 e. The first-order valence-corrected chi connectivity index (χ1v) is 6.00. The Morgan fingerprint density at radius 1 is 1.50 bits per heavy atom. The van der Waals surface area contributed by atoms with Crippen LogP contribution >= 0.6 is 11.6 Å². The SMILES string of the molecule is CC(C)CC(CCl)NC(=O)CC1CC1. The topological polar surface area (TPSA) is 29.1 Å². The molecular weight excluding hydrogens is 198 g/mol. The third kappa shape index (κ3) is 4.85. The Bertz CT molecular complexity index is 190. The van der Waals surface area contributed by atoms with Gasteiger partial charge in [-0.3, -0.25) is 4.79 Å². The van der Waals surface area contributed by atoms with E-state index in [1.54, 1.807) is 0 Å². The summed E-state index contributed by atoms with van der Waals surface area (Å²) in [5.74, 6) is 1.94. The lowest BCUT2D eigenvalue weighted by Crippen LogP contribution is -2.37. The van der Waals surface area contributed by atoms with Gasteiger partial charge in [0.25, 0.3) is 0 Å². The van der Waals surface area contributed by atoms with Crippen molar-refractivity contribution < 1.29 is 4.79 Å². The van der Waals surface area contributed by atoms with Crippen LogP contribution in [0, 0.1) is 11.8 Å². The molecule has 1 atom stereocenters. The summed E-state index contributed by atoms with van der Waals surface area (Å²) in [5.41, 5.74) is 0. The van der Waals surface area contributed by atoms with Gasteiger partial charge in [-0.1, -0.05) is 13.8 Å². The minimum absolute atomic E-state index is 0.155. The van der Waals surface area contributed by atoms with Crippen molar-refractivity contribution in [3.05, 3.63) is 0 Å². The van der Waals surface area contributed by atoms with Gasteiger partial charge in [0.05, 0.1) is 0 Å². The summed E-state index contributed by atoms with van der Waals surface area (Å²) in [6, 6.07) is 0.155. The normalized spacial score (nSPS) is 18.3. The first-order valence-electron chi connectivity index (χ1n) is 5.47. The Morgan fingerprint density at radius 2 is 2.14 bits per heavy atom. The van der Waals surface area contributed by atoms with Crippen LogP contribution in [0.1, 0.15) is 39.5 Å². The molecule has 2 nitrogen and oxygen atoms in total. The van der Waals surface area contributed by atoms with Gasteiger partial charge in [0.2, 0.25) is 5.91 Å². The van der Waals surface area contributed by atoms with Gasteiger partial charge < -0.3 is 5.32 Å². The summed E-state index contributed by atoms with van der Waals surface area (Å²) < 4.78 is 0. The summed E-state index contributed by atoms with van der Waals surface area (Å²) in [5, 5.41) is 3.00. The van der Waals surface area contributed by atoms with Crippen LogP contribution in [-0.4, -0.2) is 17.8 Å². The quantitative estimate of drug-likeness (QED) is 0.681. The van der Waals surface area contributed by atoms with E-state index >= 15 is 0 Å². The number of hydrogen-bond acceptors (Lipinski definition) is 1. The van der Waals surface area contributed by atoms with E-state index in [4.69, 9.17) is 11.6 Å². The molecule has 1 N–H and O–H groups in total. The third-order valence-corrected chi connectivity index (χ3v) is 2.85. The van der Waals surface area contributed by atoms with E-state index in [0.29, 0.717) is 24.1 Å². The zero-order valence-electron chi connectivity index (χ0n) is 9.05. The van der Waals surface area contributed by atoms with Crippen molar-refractivity contribution in [1.82, 2.24) is 5.32 Å². The van der Waals surface area contributed by atoms with Crippen molar-refractivity contribution in [2.45, 2.75) is 45.6 Å². The number of carbonyl (C=O) groups is 1. The van der Waals surface area contributed by atoms with Gasteiger partial charge >= 0.3 is 0 Å². The van der Waals surface area contributed by atoms with Crippen LogP contribution in [0.3, 0.4) is 0 Å². The maximum absolute atomic E-state index is 11.5. The van der Waals surface area contributed by atoms with Crippen molar-refractivity contribution in [2.75, 3.05) is 5.88 Å². The number of carbonyl (C=O) groups excluding carboxylic acids is 1. The minimum Gasteiger partial charge on any atom is -0.352 e. The second-order valence-electron chi connectivity index (χ2n) is 4.70. The number of amides is 1. The van der Waals surface area contributed by atoms with Gasteiger partial charge in [-0.2, -0.15) is 0 Å². The average molecular weight is 218 g/mol. The number of hydrogen-bond donors (Lipinski definition) is 1. The zero-order valence-corrected chi connectivity index (χ0v) is 9.81. The molecular formula is C11H20ClNO. The van der Waals surface area contributed by atoms with E-state index in [-0.39, 0.29) is 11.9 Å². The molecule has 1 fully saturated rings. The molecule has 1 saturated carbocycles.